The molecule has 25 heavy (non-hydrogen) atoms. The molecule has 0 spiro atoms. The van der Waals surface area contributed by atoms with E-state index in [0.29, 0.717) is 11.8 Å². The summed E-state index contributed by atoms with van der Waals surface area (Å²) in [6, 6.07) is 13.7. The highest BCUT2D eigenvalue weighted by atomic mass is 16.5. The highest BCUT2D eigenvalue weighted by Crippen LogP contribution is 2.28. The minimum Gasteiger partial charge on any atom is -0.495 e. The summed E-state index contributed by atoms with van der Waals surface area (Å²) in [6.07, 6.45) is 3.53. The van der Waals surface area contributed by atoms with Crippen molar-refractivity contribution in [3.8, 4) is 17.0 Å². The molecular weight excluding hydrogens is 314 g/mol. The lowest BCUT2D eigenvalue weighted by Gasteiger charge is -2.14. The van der Waals surface area contributed by atoms with Crippen molar-refractivity contribution in [3.63, 3.8) is 0 Å². The first-order chi connectivity index (χ1) is 12.2. The first-order valence-corrected chi connectivity index (χ1v) is 8.12. The molecule has 0 amide bonds. The summed E-state index contributed by atoms with van der Waals surface area (Å²) < 4.78 is 5.40. The molecule has 2 N–H and O–H groups in total. The van der Waals surface area contributed by atoms with E-state index in [0.717, 1.165) is 22.7 Å². The zero-order valence-electron chi connectivity index (χ0n) is 14.5. The molecule has 0 aliphatic rings. The van der Waals surface area contributed by atoms with E-state index in [-0.39, 0.29) is 6.04 Å². The smallest absolute Gasteiger partial charge is 0.225 e. The fraction of sp³-hybridized carbons (Fsp3) is 0.211. The van der Waals surface area contributed by atoms with Gasteiger partial charge in [0.15, 0.2) is 0 Å². The molecule has 6 nitrogen and oxygen atoms in total. The summed E-state index contributed by atoms with van der Waals surface area (Å²) in [7, 11) is 1.65. The summed E-state index contributed by atoms with van der Waals surface area (Å²) in [6.45, 7) is 4.10. The number of methoxy groups -OCH3 is 1. The van der Waals surface area contributed by atoms with E-state index in [1.807, 2.05) is 56.3 Å². The minimum atomic E-state index is 0.225. The van der Waals surface area contributed by atoms with Gasteiger partial charge in [0, 0.05) is 30.1 Å². The molecule has 128 valence electrons. The van der Waals surface area contributed by atoms with E-state index in [1.165, 1.54) is 0 Å². The zero-order chi connectivity index (χ0) is 17.6. The quantitative estimate of drug-likeness (QED) is 0.706. The first-order valence-electron chi connectivity index (χ1n) is 8.12. The van der Waals surface area contributed by atoms with Crippen LogP contribution in [0.1, 0.15) is 13.8 Å². The largest absolute Gasteiger partial charge is 0.495 e. The van der Waals surface area contributed by atoms with Crippen LogP contribution in [0.2, 0.25) is 0 Å². The van der Waals surface area contributed by atoms with Crippen molar-refractivity contribution in [2.45, 2.75) is 19.9 Å². The van der Waals surface area contributed by atoms with Gasteiger partial charge in [-0.1, -0.05) is 12.1 Å². The predicted octanol–water partition coefficient (Wildman–Crippen LogP) is 4.11. The van der Waals surface area contributed by atoms with Crippen LogP contribution in [-0.4, -0.2) is 28.1 Å². The molecule has 2 aromatic heterocycles. The van der Waals surface area contributed by atoms with Crippen molar-refractivity contribution in [1.82, 2.24) is 15.0 Å². The number of para-hydroxylation sites is 2. The molecule has 3 rings (SSSR count). The Kier molecular flexibility index (Phi) is 5.09. The molecule has 0 fully saturated rings. The van der Waals surface area contributed by atoms with Crippen LogP contribution in [0.5, 0.6) is 5.75 Å². The molecule has 2 heterocycles. The summed E-state index contributed by atoms with van der Waals surface area (Å²) in [4.78, 5) is 13.3. The third-order valence-electron chi connectivity index (χ3n) is 3.47. The maximum atomic E-state index is 5.40. The van der Waals surface area contributed by atoms with E-state index < -0.39 is 0 Å². The Labute approximate surface area is 147 Å². The van der Waals surface area contributed by atoms with Crippen molar-refractivity contribution in [3.05, 3.63) is 54.9 Å². The molecule has 0 saturated carbocycles. The molecule has 3 aromatic rings. The van der Waals surface area contributed by atoms with E-state index in [4.69, 9.17) is 4.74 Å². The first kappa shape index (κ1) is 16.7. The van der Waals surface area contributed by atoms with Crippen molar-refractivity contribution >= 4 is 17.5 Å². The topological polar surface area (TPSA) is 72.0 Å². The normalized spacial score (nSPS) is 10.6. The SMILES string of the molecule is COc1ccccc1Nc1cc(-c2cccnc2)nc(NC(C)C)n1. The van der Waals surface area contributed by atoms with Crippen molar-refractivity contribution in [2.24, 2.45) is 0 Å². The number of ether oxygens (including phenoxy) is 1. The zero-order valence-corrected chi connectivity index (χ0v) is 14.5. The van der Waals surface area contributed by atoms with Crippen LogP contribution < -0.4 is 15.4 Å². The van der Waals surface area contributed by atoms with Gasteiger partial charge in [-0.05, 0) is 38.1 Å². The lowest BCUT2D eigenvalue weighted by Crippen LogP contribution is -2.13. The number of rotatable bonds is 6. The van der Waals surface area contributed by atoms with Gasteiger partial charge in [0.25, 0.3) is 0 Å². The number of anilines is 3. The number of hydrogen-bond acceptors (Lipinski definition) is 6. The minimum absolute atomic E-state index is 0.225. The van der Waals surface area contributed by atoms with Gasteiger partial charge in [0.2, 0.25) is 5.95 Å². The van der Waals surface area contributed by atoms with Crippen LogP contribution in [0.4, 0.5) is 17.5 Å². The van der Waals surface area contributed by atoms with Crippen LogP contribution in [0.15, 0.2) is 54.9 Å². The van der Waals surface area contributed by atoms with E-state index in [1.54, 1.807) is 19.5 Å². The second kappa shape index (κ2) is 7.61. The third kappa shape index (κ3) is 4.23. The second-order valence-corrected chi connectivity index (χ2v) is 5.83. The third-order valence-corrected chi connectivity index (χ3v) is 3.47. The molecule has 0 aliphatic carbocycles. The number of nitrogens with one attached hydrogen (secondary N) is 2. The molecular formula is C19H21N5O. The van der Waals surface area contributed by atoms with Gasteiger partial charge in [-0.3, -0.25) is 4.98 Å². The van der Waals surface area contributed by atoms with Gasteiger partial charge >= 0.3 is 0 Å². The molecule has 0 radical (unpaired) electrons. The van der Waals surface area contributed by atoms with Gasteiger partial charge in [0.05, 0.1) is 18.5 Å². The van der Waals surface area contributed by atoms with E-state index >= 15 is 0 Å². The molecule has 0 aliphatic heterocycles. The molecule has 0 unspecified atom stereocenters. The number of benzene rings is 1. The molecule has 6 heteroatoms. The Hall–Kier alpha value is -3.15. The van der Waals surface area contributed by atoms with Gasteiger partial charge in [-0.15, -0.1) is 0 Å². The summed E-state index contributed by atoms with van der Waals surface area (Å²) in [5.74, 6) is 2.00. The maximum Gasteiger partial charge on any atom is 0.225 e. The maximum absolute atomic E-state index is 5.40. The number of hydrogen-bond donors (Lipinski definition) is 2. The van der Waals surface area contributed by atoms with Crippen LogP contribution in [0.3, 0.4) is 0 Å². The van der Waals surface area contributed by atoms with Crippen LogP contribution >= 0.6 is 0 Å². The number of nitrogens with zero attached hydrogens (tertiary/aromatic N) is 3. The van der Waals surface area contributed by atoms with Crippen molar-refractivity contribution < 1.29 is 4.74 Å². The van der Waals surface area contributed by atoms with Crippen molar-refractivity contribution in [1.29, 1.82) is 0 Å². The van der Waals surface area contributed by atoms with Crippen LogP contribution in [0, 0.1) is 0 Å². The second-order valence-electron chi connectivity index (χ2n) is 5.83. The molecule has 0 atom stereocenters. The van der Waals surface area contributed by atoms with Crippen molar-refractivity contribution in [2.75, 3.05) is 17.7 Å². The average Bonchev–Trinajstić information content (AvgIpc) is 2.62. The summed E-state index contributed by atoms with van der Waals surface area (Å²) >= 11 is 0. The predicted molar refractivity (Wildman–Crippen MR) is 100 cm³/mol. The standard InChI is InChI=1S/C19H21N5O/c1-13(2)21-19-23-16(14-7-6-10-20-12-14)11-18(24-19)22-15-8-4-5-9-17(15)25-3/h4-13H,1-3H3,(H2,21,22,23,24). The van der Waals surface area contributed by atoms with Gasteiger partial charge in [0.1, 0.15) is 11.6 Å². The monoisotopic (exact) mass is 335 g/mol. The fourth-order valence-corrected chi connectivity index (χ4v) is 2.38. The number of aromatic nitrogens is 3. The Morgan fingerprint density at radius 2 is 1.88 bits per heavy atom. The van der Waals surface area contributed by atoms with E-state index in [9.17, 15) is 0 Å². The molecule has 1 aromatic carbocycles. The molecule has 0 saturated heterocycles. The van der Waals surface area contributed by atoms with Gasteiger partial charge in [-0.25, -0.2) is 4.98 Å². The van der Waals surface area contributed by atoms with E-state index in [2.05, 4.69) is 25.6 Å². The Balaban J connectivity index is 2.00. The highest BCUT2D eigenvalue weighted by molar-refractivity contribution is 5.69. The molecule has 0 bridgehead atoms. The fourth-order valence-electron chi connectivity index (χ4n) is 2.38. The lowest BCUT2D eigenvalue weighted by molar-refractivity contribution is 0.417. The Bertz CT molecular complexity index is 836. The van der Waals surface area contributed by atoms with Gasteiger partial charge in [-0.2, -0.15) is 4.98 Å². The average molecular weight is 335 g/mol. The summed E-state index contributed by atoms with van der Waals surface area (Å²) in [5.41, 5.74) is 2.57. The van der Waals surface area contributed by atoms with Crippen LogP contribution in [-0.2, 0) is 0 Å². The lowest BCUT2D eigenvalue weighted by atomic mass is 10.2. The summed E-state index contributed by atoms with van der Waals surface area (Å²) in [5, 5.41) is 6.57. The van der Waals surface area contributed by atoms with Gasteiger partial charge < -0.3 is 15.4 Å². The highest BCUT2D eigenvalue weighted by Gasteiger charge is 2.10. The Morgan fingerprint density at radius 1 is 1.04 bits per heavy atom. The van der Waals surface area contributed by atoms with Crippen LogP contribution in [0.25, 0.3) is 11.3 Å². The number of pyridine rings is 1. The Morgan fingerprint density at radius 3 is 2.60 bits per heavy atom.